The molecule has 0 saturated carbocycles. The number of pyridine rings is 1. The molecule has 0 atom stereocenters. The van der Waals surface area contributed by atoms with Crippen LogP contribution >= 0.6 is 11.3 Å². The lowest BCUT2D eigenvalue weighted by Gasteiger charge is -2.53. The van der Waals surface area contributed by atoms with Crippen molar-refractivity contribution in [2.24, 2.45) is 5.41 Å². The molecular formula is C40H34F3N5O4S. The Labute approximate surface area is 307 Å². The number of aromatic nitrogens is 1. The molecule has 3 aliphatic heterocycles. The van der Waals surface area contributed by atoms with Crippen LogP contribution in [-0.4, -0.2) is 55.6 Å². The highest BCUT2D eigenvalue weighted by molar-refractivity contribution is 7.19. The van der Waals surface area contributed by atoms with E-state index in [2.05, 4.69) is 15.5 Å². The van der Waals surface area contributed by atoms with Crippen LogP contribution in [0.2, 0.25) is 0 Å². The fraction of sp³-hybridized carbons (Fsp3) is 0.250. The fourth-order valence-electron chi connectivity index (χ4n) is 7.35. The minimum atomic E-state index is -1.10. The number of fused-ring (bicyclic) bond motifs is 3. The number of nitrogens with one attached hydrogen (secondary N) is 2. The Bertz CT molecular complexity index is 2240. The van der Waals surface area contributed by atoms with E-state index in [0.717, 1.165) is 74.4 Å². The van der Waals surface area contributed by atoms with E-state index in [1.807, 2.05) is 13.0 Å². The molecular weight excluding hydrogens is 704 g/mol. The molecule has 53 heavy (non-hydrogen) atoms. The second-order valence-electron chi connectivity index (χ2n) is 13.7. The monoisotopic (exact) mass is 737 g/mol. The first-order valence-corrected chi connectivity index (χ1v) is 18.1. The zero-order valence-electron chi connectivity index (χ0n) is 28.7. The number of amides is 3. The van der Waals surface area contributed by atoms with Gasteiger partial charge < -0.3 is 25.2 Å². The van der Waals surface area contributed by atoms with Crippen molar-refractivity contribution in [2.75, 3.05) is 53.3 Å². The van der Waals surface area contributed by atoms with Gasteiger partial charge in [-0.1, -0.05) is 24.3 Å². The van der Waals surface area contributed by atoms with E-state index >= 15 is 4.39 Å². The molecule has 3 aromatic carbocycles. The maximum Gasteiger partial charge on any atom is 0.262 e. The summed E-state index contributed by atoms with van der Waals surface area (Å²) < 4.78 is 49.9. The maximum absolute atomic E-state index is 15.8. The summed E-state index contributed by atoms with van der Waals surface area (Å²) in [6, 6.07) is 20.3. The molecule has 2 fully saturated rings. The Morgan fingerprint density at radius 1 is 0.849 bits per heavy atom. The third-order valence-corrected chi connectivity index (χ3v) is 11.3. The van der Waals surface area contributed by atoms with Crippen LogP contribution in [-0.2, 0) is 11.2 Å². The molecule has 5 aromatic rings. The summed E-state index contributed by atoms with van der Waals surface area (Å²) in [7, 11) is 0. The van der Waals surface area contributed by atoms with Gasteiger partial charge in [0.1, 0.15) is 28.0 Å². The Hall–Kier alpha value is -5.53. The lowest BCUT2D eigenvalue weighted by Crippen LogP contribution is -2.59. The van der Waals surface area contributed by atoms with E-state index in [1.54, 1.807) is 59.5 Å². The normalized spacial score (nSPS) is 15.9. The first-order valence-electron chi connectivity index (χ1n) is 17.3. The van der Waals surface area contributed by atoms with E-state index < -0.39 is 28.9 Å². The third kappa shape index (κ3) is 6.44. The maximum atomic E-state index is 15.8. The summed E-state index contributed by atoms with van der Waals surface area (Å²) in [6.45, 7) is 5.20. The van der Waals surface area contributed by atoms with Gasteiger partial charge in [-0.05, 0) is 80.8 Å². The van der Waals surface area contributed by atoms with E-state index in [0.29, 0.717) is 38.8 Å². The van der Waals surface area contributed by atoms with Crippen molar-refractivity contribution in [3.63, 3.8) is 0 Å². The topological polar surface area (TPSA) is 104 Å². The van der Waals surface area contributed by atoms with Gasteiger partial charge in [0.05, 0.1) is 11.3 Å². The van der Waals surface area contributed by atoms with Crippen molar-refractivity contribution < 1.29 is 32.3 Å². The van der Waals surface area contributed by atoms with Crippen LogP contribution in [0, 0.1) is 29.8 Å². The highest BCUT2D eigenvalue weighted by Gasteiger charge is 2.45. The number of nitrogens with zero attached hydrogens (tertiary/aromatic N) is 3. The Morgan fingerprint density at radius 3 is 2.30 bits per heavy atom. The van der Waals surface area contributed by atoms with E-state index in [1.165, 1.54) is 0 Å². The summed E-state index contributed by atoms with van der Waals surface area (Å²) >= 11 is 0.940. The van der Waals surface area contributed by atoms with Crippen LogP contribution < -0.4 is 20.4 Å². The van der Waals surface area contributed by atoms with Crippen molar-refractivity contribution in [1.82, 2.24) is 4.98 Å². The second-order valence-corrected chi connectivity index (χ2v) is 14.7. The molecule has 5 heterocycles. The highest BCUT2D eigenvalue weighted by Crippen LogP contribution is 2.46. The van der Waals surface area contributed by atoms with Gasteiger partial charge in [0.25, 0.3) is 17.7 Å². The highest BCUT2D eigenvalue weighted by atomic mass is 32.1. The number of carbonyl (C=O) groups excluding carboxylic acids is 3. The van der Waals surface area contributed by atoms with Crippen LogP contribution in [0.25, 0.3) is 10.4 Å². The zero-order valence-corrected chi connectivity index (χ0v) is 29.5. The summed E-state index contributed by atoms with van der Waals surface area (Å²) in [5.41, 5.74) is 2.98. The number of rotatable bonds is 6. The Morgan fingerprint density at radius 2 is 1.57 bits per heavy atom. The molecule has 9 nitrogen and oxygen atoms in total. The molecule has 2 N–H and O–H groups in total. The Balaban J connectivity index is 0.986. The predicted molar refractivity (Wildman–Crippen MR) is 197 cm³/mol. The minimum Gasteiger partial charge on any atom is -0.381 e. The quantitative estimate of drug-likeness (QED) is 0.184. The number of anilines is 4. The van der Waals surface area contributed by atoms with Crippen molar-refractivity contribution >= 4 is 51.3 Å². The summed E-state index contributed by atoms with van der Waals surface area (Å²) in [4.78, 5) is 49.2. The van der Waals surface area contributed by atoms with Crippen LogP contribution in [0.15, 0.2) is 78.9 Å². The zero-order chi connectivity index (χ0) is 36.9. The summed E-state index contributed by atoms with van der Waals surface area (Å²) in [5, 5.41) is 5.12. The van der Waals surface area contributed by atoms with Crippen LogP contribution in [0.1, 0.15) is 55.2 Å². The van der Waals surface area contributed by atoms with Gasteiger partial charge in [-0.3, -0.25) is 14.4 Å². The molecule has 3 aliphatic rings. The van der Waals surface area contributed by atoms with Crippen molar-refractivity contribution in [1.29, 1.82) is 0 Å². The average Bonchev–Trinajstić information content (AvgIpc) is 3.34. The number of para-hydroxylation sites is 1. The van der Waals surface area contributed by atoms with E-state index in [9.17, 15) is 23.2 Å². The molecule has 2 aromatic heterocycles. The first-order chi connectivity index (χ1) is 25.6. The van der Waals surface area contributed by atoms with Gasteiger partial charge >= 0.3 is 0 Å². The average molecular weight is 738 g/mol. The van der Waals surface area contributed by atoms with Gasteiger partial charge in [0, 0.05) is 71.2 Å². The number of thiophene rings is 1. The van der Waals surface area contributed by atoms with Crippen molar-refractivity contribution in [3.8, 4) is 10.4 Å². The molecule has 0 aliphatic carbocycles. The summed E-state index contributed by atoms with van der Waals surface area (Å²) in [5.74, 6) is -3.90. The molecule has 3 amide bonds. The number of ether oxygens (including phenoxy) is 1. The molecule has 0 radical (unpaired) electrons. The predicted octanol–water partition coefficient (Wildman–Crippen LogP) is 7.86. The van der Waals surface area contributed by atoms with E-state index in [4.69, 9.17) is 9.72 Å². The second kappa shape index (κ2) is 13.8. The van der Waals surface area contributed by atoms with Gasteiger partial charge in [0.2, 0.25) is 0 Å². The lowest BCUT2D eigenvalue weighted by atomic mass is 9.73. The SMILES string of the molecule is Cc1ccc(C(=O)Nc2ccc(C(=O)N3CCc4c(sc(NC(=O)c5c(F)cccc5F)c4F)-c4ccccc43)cc2)c(N2CC3(CCOCC3)C2)n1. The molecule has 1 spiro atoms. The lowest BCUT2D eigenvalue weighted by molar-refractivity contribution is -0.000519. The van der Waals surface area contributed by atoms with Crippen molar-refractivity contribution in [3.05, 3.63) is 124 Å². The van der Waals surface area contributed by atoms with Gasteiger partial charge in [-0.15, -0.1) is 11.3 Å². The molecule has 270 valence electrons. The smallest absolute Gasteiger partial charge is 0.262 e. The molecule has 0 unspecified atom stereocenters. The minimum absolute atomic E-state index is 0.120. The van der Waals surface area contributed by atoms with Gasteiger partial charge in [-0.25, -0.2) is 18.2 Å². The van der Waals surface area contributed by atoms with Crippen molar-refractivity contribution in [2.45, 2.75) is 26.2 Å². The number of carbonyl (C=O) groups is 3. The Kier molecular flexibility index (Phi) is 8.99. The number of aryl methyl sites for hydroxylation is 1. The van der Waals surface area contributed by atoms with Crippen LogP contribution in [0.5, 0.6) is 0 Å². The molecule has 0 bridgehead atoms. The first kappa shape index (κ1) is 34.6. The fourth-order valence-corrected chi connectivity index (χ4v) is 8.51. The third-order valence-electron chi connectivity index (χ3n) is 10.2. The number of halogens is 3. The molecule has 2 saturated heterocycles. The molecule has 8 rings (SSSR count). The van der Waals surface area contributed by atoms with Crippen LogP contribution in [0.4, 0.5) is 35.4 Å². The number of benzene rings is 3. The van der Waals surface area contributed by atoms with Crippen LogP contribution in [0.3, 0.4) is 0 Å². The number of hydrogen-bond donors (Lipinski definition) is 2. The standard InChI is InChI=1S/C40H34F3N5O4S/c1-23-9-14-28(35(44-23)47-21-40(22-47)16-19-52-20-17-40)36(49)45-25-12-10-24(11-13-25)39(51)48-18-15-27-33(43)38(53-34(27)26-5-2-3-8-31(26)48)46-37(50)32-29(41)6-4-7-30(32)42/h2-14H,15-22H2,1H3,(H,45,49)(H,46,50). The van der Waals surface area contributed by atoms with E-state index in [-0.39, 0.29) is 40.8 Å². The molecule has 13 heteroatoms. The largest absolute Gasteiger partial charge is 0.381 e. The van der Waals surface area contributed by atoms with Gasteiger partial charge in [0.15, 0.2) is 5.82 Å². The number of hydrogen-bond acceptors (Lipinski definition) is 7. The summed E-state index contributed by atoms with van der Waals surface area (Å²) in [6.07, 6.45) is 2.12. The van der Waals surface area contributed by atoms with Gasteiger partial charge in [-0.2, -0.15) is 0 Å².